The molecule has 3 aliphatic rings. The van der Waals surface area contributed by atoms with Crippen molar-refractivity contribution < 1.29 is 17.6 Å². The second-order valence-electron chi connectivity index (χ2n) is 6.45. The van der Waals surface area contributed by atoms with Crippen LogP contribution in [-0.2, 0) is 0 Å². The third-order valence-electron chi connectivity index (χ3n) is 5.03. The fraction of sp³-hybridized carbons (Fsp3) is 0.923. The molecule has 1 N–H and O–H groups in total. The van der Waals surface area contributed by atoms with Crippen LogP contribution >= 0.6 is 0 Å². The number of hydrogen-bond acceptors (Lipinski definition) is 3. The Bertz CT molecular complexity index is 315. The Morgan fingerprint density at radius 3 is 2.35 bits per heavy atom. The van der Waals surface area contributed by atoms with Crippen molar-refractivity contribution in [3.05, 3.63) is 0 Å². The summed E-state index contributed by atoms with van der Waals surface area (Å²) in [5.41, 5.74) is 1.46. The van der Waals surface area contributed by atoms with E-state index in [9.17, 15) is 5.21 Å². The molecule has 0 saturated heterocycles. The first-order valence-corrected chi connectivity index (χ1v) is 6.26. The van der Waals surface area contributed by atoms with Gasteiger partial charge in [-0.25, -0.2) is 0 Å². The molecule has 0 aromatic heterocycles. The monoisotopic (exact) mass is 259 g/mol. The number of rotatable bonds is 2. The zero-order valence-corrected chi connectivity index (χ0v) is 12.2. The summed E-state index contributed by atoms with van der Waals surface area (Å²) in [5, 5.41) is 12.8. The number of oxime groups is 1. The van der Waals surface area contributed by atoms with Gasteiger partial charge in [0, 0.05) is 18.4 Å². The van der Waals surface area contributed by atoms with E-state index in [-0.39, 0.29) is 12.4 Å². The van der Waals surface area contributed by atoms with Gasteiger partial charge in [-0.3, -0.25) is 0 Å². The Morgan fingerprint density at radius 2 is 1.94 bits per heavy atom. The minimum atomic E-state index is 0. The third kappa shape index (κ3) is 2.08. The molecule has 100 valence electrons. The van der Waals surface area contributed by atoms with Crippen molar-refractivity contribution >= 4 is 5.71 Å². The van der Waals surface area contributed by atoms with Gasteiger partial charge in [0.15, 0.2) is 0 Å². The van der Waals surface area contributed by atoms with Gasteiger partial charge in [-0.05, 0) is 37.8 Å². The Balaban J connectivity index is 0.00000144. The van der Waals surface area contributed by atoms with Gasteiger partial charge < -0.3 is 22.5 Å². The zero-order valence-electron chi connectivity index (χ0n) is 11.4. The highest BCUT2D eigenvalue weighted by Gasteiger charge is 2.59. The molecule has 0 aromatic carbocycles. The first kappa shape index (κ1) is 14.8. The summed E-state index contributed by atoms with van der Waals surface area (Å²) in [5.74, 6) is 2.29. The van der Waals surface area contributed by atoms with Crippen molar-refractivity contribution in [1.29, 1.82) is 0 Å². The zero-order chi connectivity index (χ0) is 12.1. The molecular formula is C13H24ClN2O-. The Labute approximate surface area is 111 Å². The second-order valence-corrected chi connectivity index (χ2v) is 6.45. The smallest absolute Gasteiger partial charge is 0.0648 e. The van der Waals surface area contributed by atoms with Gasteiger partial charge in [-0.15, -0.1) is 0 Å². The second kappa shape index (κ2) is 4.77. The van der Waals surface area contributed by atoms with Gasteiger partial charge in [0.1, 0.15) is 0 Å². The van der Waals surface area contributed by atoms with Crippen LogP contribution in [0.5, 0.6) is 0 Å². The molecule has 0 amide bonds. The van der Waals surface area contributed by atoms with E-state index in [0.717, 1.165) is 12.3 Å². The minimum Gasteiger partial charge on any atom is -1.00 e. The van der Waals surface area contributed by atoms with E-state index >= 15 is 0 Å². The summed E-state index contributed by atoms with van der Waals surface area (Å²) < 4.78 is 0. The van der Waals surface area contributed by atoms with Gasteiger partial charge in [0.05, 0.1) is 5.71 Å². The van der Waals surface area contributed by atoms with Gasteiger partial charge in [-0.1, -0.05) is 25.9 Å². The highest BCUT2D eigenvalue weighted by atomic mass is 35.5. The van der Waals surface area contributed by atoms with E-state index < -0.39 is 0 Å². The molecule has 4 unspecified atom stereocenters. The van der Waals surface area contributed by atoms with E-state index in [4.69, 9.17) is 0 Å². The standard InChI is InChI=1S/C13H24N2O.ClH/c1-8-10-6-11(13(10,2)3)9(7-15(4)5)12(8)14-16;/h8-11,16H,6-7H2,1-5H3;1H/p-1. The van der Waals surface area contributed by atoms with Gasteiger partial charge >= 0.3 is 0 Å². The lowest BCUT2D eigenvalue weighted by Crippen LogP contribution is -3.00. The maximum atomic E-state index is 9.22. The SMILES string of the molecule is CC1C(=NO)C(CN(C)C)C2CC1C2(C)C.[Cl-]. The van der Waals surface area contributed by atoms with Crippen LogP contribution in [0.3, 0.4) is 0 Å². The van der Waals surface area contributed by atoms with Crippen LogP contribution in [-0.4, -0.2) is 36.5 Å². The predicted octanol–water partition coefficient (Wildman–Crippen LogP) is -0.690. The number of nitrogens with zero attached hydrogens (tertiary/aromatic N) is 2. The lowest BCUT2D eigenvalue weighted by atomic mass is 9.42. The molecule has 4 heteroatoms. The normalized spacial score (nSPS) is 40.9. The fourth-order valence-corrected chi connectivity index (χ4v) is 4.06. The fourth-order valence-electron chi connectivity index (χ4n) is 4.06. The minimum absolute atomic E-state index is 0. The molecular weight excluding hydrogens is 236 g/mol. The average Bonchev–Trinajstić information content (AvgIpc) is 2.15. The maximum absolute atomic E-state index is 9.22. The van der Waals surface area contributed by atoms with E-state index in [2.05, 4.69) is 44.9 Å². The van der Waals surface area contributed by atoms with Gasteiger partial charge in [0.2, 0.25) is 0 Å². The van der Waals surface area contributed by atoms with Crippen LogP contribution in [0.4, 0.5) is 0 Å². The highest BCUT2D eigenvalue weighted by molar-refractivity contribution is 5.91. The molecule has 3 aliphatic carbocycles. The lowest BCUT2D eigenvalue weighted by Gasteiger charge is -2.63. The largest absolute Gasteiger partial charge is 1.00 e. The van der Waals surface area contributed by atoms with E-state index in [1.807, 2.05) is 0 Å². The summed E-state index contributed by atoms with van der Waals surface area (Å²) in [6, 6.07) is 0. The summed E-state index contributed by atoms with van der Waals surface area (Å²) in [4.78, 5) is 2.21. The van der Waals surface area contributed by atoms with Crippen molar-refractivity contribution in [1.82, 2.24) is 4.90 Å². The van der Waals surface area contributed by atoms with Crippen LogP contribution in [0.1, 0.15) is 27.2 Å². The van der Waals surface area contributed by atoms with Crippen LogP contribution in [0, 0.1) is 29.1 Å². The molecule has 0 spiro atoms. The Kier molecular flexibility index (Phi) is 4.15. The molecule has 0 radical (unpaired) electrons. The Hall–Kier alpha value is -0.280. The molecule has 0 aliphatic heterocycles. The van der Waals surface area contributed by atoms with Crippen LogP contribution in [0.25, 0.3) is 0 Å². The topological polar surface area (TPSA) is 35.8 Å². The lowest BCUT2D eigenvalue weighted by molar-refractivity contribution is -0.0855. The van der Waals surface area contributed by atoms with Crippen molar-refractivity contribution in [2.45, 2.75) is 27.2 Å². The van der Waals surface area contributed by atoms with Crippen molar-refractivity contribution in [3.63, 3.8) is 0 Å². The third-order valence-corrected chi connectivity index (χ3v) is 5.03. The molecule has 3 nitrogen and oxygen atoms in total. The summed E-state index contributed by atoms with van der Waals surface area (Å²) in [6.45, 7) is 7.97. The van der Waals surface area contributed by atoms with Crippen LogP contribution in [0.15, 0.2) is 5.16 Å². The molecule has 4 atom stereocenters. The van der Waals surface area contributed by atoms with Crippen LogP contribution in [0.2, 0.25) is 0 Å². The van der Waals surface area contributed by atoms with Gasteiger partial charge in [0.25, 0.3) is 0 Å². The highest BCUT2D eigenvalue weighted by Crippen LogP contribution is 2.62. The van der Waals surface area contributed by atoms with E-state index in [0.29, 0.717) is 29.1 Å². The summed E-state index contributed by atoms with van der Waals surface area (Å²) in [6.07, 6.45) is 1.31. The quantitative estimate of drug-likeness (QED) is 0.527. The van der Waals surface area contributed by atoms with Crippen molar-refractivity contribution in [3.8, 4) is 0 Å². The molecule has 3 fully saturated rings. The molecule has 2 bridgehead atoms. The van der Waals surface area contributed by atoms with E-state index in [1.165, 1.54) is 6.42 Å². The Morgan fingerprint density at radius 1 is 1.35 bits per heavy atom. The summed E-state index contributed by atoms with van der Waals surface area (Å²) >= 11 is 0. The number of hydrogen-bond donors (Lipinski definition) is 1. The maximum Gasteiger partial charge on any atom is 0.0648 e. The predicted molar refractivity (Wildman–Crippen MR) is 65.8 cm³/mol. The van der Waals surface area contributed by atoms with Gasteiger partial charge in [-0.2, -0.15) is 0 Å². The van der Waals surface area contributed by atoms with Crippen LogP contribution < -0.4 is 12.4 Å². The first-order chi connectivity index (χ1) is 7.39. The first-order valence-electron chi connectivity index (χ1n) is 6.26. The van der Waals surface area contributed by atoms with E-state index in [1.54, 1.807) is 0 Å². The molecule has 17 heavy (non-hydrogen) atoms. The average molecular weight is 260 g/mol. The molecule has 0 heterocycles. The number of halogens is 1. The number of fused-ring (bicyclic) bond motifs is 2. The van der Waals surface area contributed by atoms with Crippen molar-refractivity contribution in [2.75, 3.05) is 20.6 Å². The molecule has 0 aromatic rings. The van der Waals surface area contributed by atoms with Crippen molar-refractivity contribution in [2.24, 2.45) is 34.2 Å². The summed E-state index contributed by atoms with van der Waals surface area (Å²) in [7, 11) is 4.19. The molecule has 3 saturated carbocycles. The molecule has 3 rings (SSSR count).